The minimum absolute atomic E-state index is 0. The monoisotopic (exact) mass is 175 g/mol. The van der Waals surface area contributed by atoms with Crippen LogP contribution in [0.25, 0.3) is 0 Å². The summed E-state index contributed by atoms with van der Waals surface area (Å²) in [4.78, 5) is 0. The molecule has 8 heavy (non-hydrogen) atoms. The Balaban J connectivity index is 0. The Hall–Kier alpha value is 0.413. The molecule has 0 unspecified atom stereocenters. The van der Waals surface area contributed by atoms with E-state index in [0.29, 0.717) is 0 Å². The molecule has 0 rings (SSSR count). The van der Waals surface area contributed by atoms with Crippen molar-refractivity contribution >= 4 is 0 Å². The summed E-state index contributed by atoms with van der Waals surface area (Å²) in [6, 6.07) is 0. The number of hydrogen-bond acceptors (Lipinski definition) is 0. The smallest absolute Gasteiger partial charge is 0.343 e. The van der Waals surface area contributed by atoms with E-state index in [9.17, 15) is 13.2 Å². The molecule has 0 bridgehead atoms. The van der Waals surface area contributed by atoms with E-state index in [-0.39, 0.29) is 25.9 Å². The minimum atomic E-state index is -4.01. The van der Waals surface area contributed by atoms with Crippen molar-refractivity contribution in [2.24, 2.45) is 0 Å². The third-order valence-electron chi connectivity index (χ3n) is 0.460. The van der Waals surface area contributed by atoms with Crippen LogP contribution in [-0.4, -0.2) is 6.18 Å². The van der Waals surface area contributed by atoms with Gasteiger partial charge in [0.15, 0.2) is 0 Å². The predicted molar refractivity (Wildman–Crippen MR) is 20.6 cm³/mol. The second kappa shape index (κ2) is 4.31. The third-order valence-corrected chi connectivity index (χ3v) is 0.460. The van der Waals surface area contributed by atoms with Gasteiger partial charge >= 0.3 is 6.18 Å². The Kier molecular flexibility index (Phi) is 6.05. The molecule has 0 aliphatic heterocycles. The molecular weight excluding hydrogens is 170 g/mol. The third kappa shape index (κ3) is 9.65. The molecule has 0 aromatic carbocycles. The van der Waals surface area contributed by atoms with Gasteiger partial charge in [-0.1, -0.05) is 0 Å². The zero-order chi connectivity index (χ0) is 5.91. The maximum absolute atomic E-state index is 11.0. The summed E-state index contributed by atoms with van der Waals surface area (Å²) in [5.74, 6) is 0. The predicted octanol–water partition coefficient (Wildman–Crippen LogP) is 2.16. The van der Waals surface area contributed by atoms with E-state index in [1.165, 1.54) is 0 Å². The van der Waals surface area contributed by atoms with Gasteiger partial charge in [-0.15, -0.1) is 0 Å². The molecule has 0 spiro atoms. The number of halogens is 3. The van der Waals surface area contributed by atoms with Crippen LogP contribution in [0.3, 0.4) is 0 Å². The Labute approximate surface area is 59.2 Å². The van der Waals surface area contributed by atoms with E-state index in [0.717, 1.165) is 0 Å². The van der Waals surface area contributed by atoms with E-state index in [4.69, 9.17) is 0 Å². The van der Waals surface area contributed by atoms with Gasteiger partial charge in [-0.2, -0.15) is 19.6 Å². The van der Waals surface area contributed by atoms with Gasteiger partial charge in [0.1, 0.15) is 0 Å². The van der Waals surface area contributed by atoms with Gasteiger partial charge in [0.2, 0.25) is 0 Å². The zero-order valence-electron chi connectivity index (χ0n) is 4.46. The molecule has 0 aliphatic rings. The molecule has 0 fully saturated rings. The molecule has 0 nitrogen and oxygen atoms in total. The largest absolute Gasteiger partial charge is 0.386 e. The average molecular weight is 176 g/mol. The van der Waals surface area contributed by atoms with Crippen molar-refractivity contribution in [3.05, 3.63) is 6.92 Å². The second-order valence-electron chi connectivity index (χ2n) is 1.22. The summed E-state index contributed by atoms with van der Waals surface area (Å²) in [7, 11) is 0. The first-order valence-corrected chi connectivity index (χ1v) is 1.92. The first-order chi connectivity index (χ1) is 3.06. The molecule has 0 radical (unpaired) electrons. The van der Waals surface area contributed by atoms with E-state index < -0.39 is 12.6 Å². The zero-order valence-corrected chi connectivity index (χ0v) is 7.43. The first-order valence-electron chi connectivity index (χ1n) is 1.92. The Bertz CT molecular complexity index is 49.7. The molecule has 0 atom stereocenters. The fourth-order valence-electron chi connectivity index (χ4n) is 0.200. The van der Waals surface area contributed by atoms with Crippen molar-refractivity contribution in [2.75, 3.05) is 0 Å². The van der Waals surface area contributed by atoms with Crippen LogP contribution in [0.5, 0.6) is 0 Å². The summed E-state index contributed by atoms with van der Waals surface area (Å²) in [5, 5.41) is 0. The fourth-order valence-corrected chi connectivity index (χ4v) is 0.200. The standard InChI is InChI=1S/C4H6F3.Zn/c1-2-3-4(5,6)7;/h1-3H2;/q-1;. The van der Waals surface area contributed by atoms with Gasteiger partial charge in [0, 0.05) is 25.9 Å². The van der Waals surface area contributed by atoms with Gasteiger partial charge in [0.25, 0.3) is 0 Å². The van der Waals surface area contributed by atoms with Crippen molar-refractivity contribution in [2.45, 2.75) is 19.0 Å². The Morgan fingerprint density at radius 2 is 1.62 bits per heavy atom. The fraction of sp³-hybridized carbons (Fsp3) is 0.750. The van der Waals surface area contributed by atoms with Gasteiger partial charge in [-0.05, 0) is 0 Å². The molecule has 0 saturated heterocycles. The maximum atomic E-state index is 11.0. The molecule has 0 N–H and O–H groups in total. The van der Waals surface area contributed by atoms with Crippen LogP contribution in [0.2, 0.25) is 0 Å². The van der Waals surface area contributed by atoms with Crippen molar-refractivity contribution in [1.29, 1.82) is 0 Å². The Morgan fingerprint density at radius 1 is 1.25 bits per heavy atom. The second-order valence-corrected chi connectivity index (χ2v) is 1.22. The van der Waals surface area contributed by atoms with Crippen LogP contribution < -0.4 is 0 Å². The van der Waals surface area contributed by atoms with E-state index >= 15 is 0 Å². The van der Waals surface area contributed by atoms with Gasteiger partial charge < -0.3 is 6.92 Å². The van der Waals surface area contributed by atoms with E-state index in [2.05, 4.69) is 6.92 Å². The molecule has 4 heteroatoms. The molecule has 0 amide bonds. The summed E-state index contributed by atoms with van der Waals surface area (Å²) in [6.45, 7) is 3.05. The van der Waals surface area contributed by atoms with Gasteiger partial charge in [-0.3, -0.25) is 0 Å². The summed E-state index contributed by atoms with van der Waals surface area (Å²) >= 11 is 0. The van der Waals surface area contributed by atoms with E-state index in [1.807, 2.05) is 0 Å². The van der Waals surface area contributed by atoms with Gasteiger partial charge in [0.05, 0.1) is 0 Å². The average Bonchev–Trinajstić information content (AvgIpc) is 1.30. The van der Waals surface area contributed by atoms with Crippen molar-refractivity contribution in [3.63, 3.8) is 0 Å². The van der Waals surface area contributed by atoms with Crippen LogP contribution in [-0.2, 0) is 19.5 Å². The first kappa shape index (κ1) is 11.2. The number of alkyl halides is 3. The van der Waals surface area contributed by atoms with Crippen LogP contribution in [0.4, 0.5) is 13.2 Å². The molecule has 0 aromatic heterocycles. The van der Waals surface area contributed by atoms with Crippen LogP contribution in [0.1, 0.15) is 12.8 Å². The number of rotatable bonds is 1. The van der Waals surface area contributed by atoms with Crippen molar-refractivity contribution in [1.82, 2.24) is 0 Å². The maximum Gasteiger partial charge on any atom is 0.386 e. The normalized spacial score (nSPS) is 10.5. The molecule has 46 valence electrons. The SMILES string of the molecule is [CH2-]CCC(F)(F)F.[Zn]. The van der Waals surface area contributed by atoms with Gasteiger partial charge in [-0.25, -0.2) is 0 Å². The molecular formula is C4H6F3Zn-. The molecule has 0 saturated carbocycles. The summed E-state index contributed by atoms with van der Waals surface area (Å²) in [6.07, 6.45) is -4.85. The quantitative estimate of drug-likeness (QED) is 0.424. The molecule has 0 heterocycles. The van der Waals surface area contributed by atoms with E-state index in [1.54, 1.807) is 0 Å². The Morgan fingerprint density at radius 3 is 1.62 bits per heavy atom. The van der Waals surface area contributed by atoms with Crippen molar-refractivity contribution < 1.29 is 32.6 Å². The minimum Gasteiger partial charge on any atom is -0.343 e. The van der Waals surface area contributed by atoms with Crippen LogP contribution in [0, 0.1) is 6.92 Å². The number of hydrogen-bond donors (Lipinski definition) is 0. The topological polar surface area (TPSA) is 0 Å². The van der Waals surface area contributed by atoms with Crippen LogP contribution >= 0.6 is 0 Å². The molecule has 0 aromatic rings. The summed E-state index contributed by atoms with van der Waals surface area (Å²) in [5.41, 5.74) is 0. The summed E-state index contributed by atoms with van der Waals surface area (Å²) < 4.78 is 33.0. The van der Waals surface area contributed by atoms with Crippen molar-refractivity contribution in [3.8, 4) is 0 Å². The molecule has 0 aliphatic carbocycles. The van der Waals surface area contributed by atoms with Crippen LogP contribution in [0.15, 0.2) is 0 Å².